The van der Waals surface area contributed by atoms with Gasteiger partial charge in [0, 0.05) is 17.7 Å². The van der Waals surface area contributed by atoms with E-state index in [1.807, 2.05) is 20.8 Å². The van der Waals surface area contributed by atoms with Gasteiger partial charge in [0.05, 0.1) is 23.3 Å². The van der Waals surface area contributed by atoms with Crippen molar-refractivity contribution >= 4 is 17.5 Å². The third kappa shape index (κ3) is 1.87. The Morgan fingerprint density at radius 3 is 2.57 bits per heavy atom. The predicted molar refractivity (Wildman–Crippen MR) is 79.0 cm³/mol. The zero-order valence-electron chi connectivity index (χ0n) is 12.6. The molecule has 0 spiro atoms. The number of hydrogen-bond acceptors (Lipinski definition) is 4. The summed E-state index contributed by atoms with van der Waals surface area (Å²) in [4.78, 5) is 26.5. The van der Waals surface area contributed by atoms with E-state index in [0.29, 0.717) is 29.8 Å². The molecular formula is C16H20N2O3. The zero-order valence-corrected chi connectivity index (χ0v) is 12.6. The fraction of sp³-hybridized carbons (Fsp3) is 0.500. The first-order chi connectivity index (χ1) is 9.87. The number of nitrogen functional groups attached to an aromatic ring is 1. The molecular weight excluding hydrogens is 268 g/mol. The number of benzene rings is 1. The van der Waals surface area contributed by atoms with Crippen LogP contribution in [0, 0.1) is 5.41 Å². The zero-order chi connectivity index (χ0) is 15.4. The molecule has 1 fully saturated rings. The van der Waals surface area contributed by atoms with Gasteiger partial charge in [-0.05, 0) is 31.5 Å². The maximum Gasteiger partial charge on any atom is 0.261 e. The molecule has 0 aromatic heterocycles. The number of rotatable bonds is 3. The molecule has 2 amide bonds. The lowest BCUT2D eigenvalue weighted by Crippen LogP contribution is -2.63. The topological polar surface area (TPSA) is 72.6 Å². The van der Waals surface area contributed by atoms with Crippen molar-refractivity contribution in [3.05, 3.63) is 29.3 Å². The van der Waals surface area contributed by atoms with Gasteiger partial charge in [0.15, 0.2) is 0 Å². The Morgan fingerprint density at radius 2 is 1.95 bits per heavy atom. The summed E-state index contributed by atoms with van der Waals surface area (Å²) < 4.78 is 5.68. The second-order valence-corrected chi connectivity index (χ2v) is 6.30. The lowest BCUT2D eigenvalue weighted by atomic mass is 9.63. The van der Waals surface area contributed by atoms with Gasteiger partial charge in [0.1, 0.15) is 0 Å². The van der Waals surface area contributed by atoms with Crippen LogP contribution in [0.25, 0.3) is 0 Å². The van der Waals surface area contributed by atoms with Gasteiger partial charge < -0.3 is 10.5 Å². The Labute approximate surface area is 124 Å². The Balaban J connectivity index is 1.90. The first-order valence-corrected chi connectivity index (χ1v) is 7.27. The van der Waals surface area contributed by atoms with Crippen LogP contribution in [-0.2, 0) is 4.74 Å². The predicted octanol–water partition coefficient (Wildman–Crippen LogP) is 2.07. The van der Waals surface area contributed by atoms with Crippen molar-refractivity contribution in [1.82, 2.24) is 4.90 Å². The fourth-order valence-corrected chi connectivity index (χ4v) is 3.35. The second kappa shape index (κ2) is 4.56. The first kappa shape index (κ1) is 14.1. The lowest BCUT2D eigenvalue weighted by molar-refractivity contribution is -0.132. The summed E-state index contributed by atoms with van der Waals surface area (Å²) in [6.07, 6.45) is 0.781. The van der Waals surface area contributed by atoms with E-state index in [9.17, 15) is 9.59 Å². The number of carbonyl (C=O) groups is 2. The molecule has 0 saturated heterocycles. The fourth-order valence-electron chi connectivity index (χ4n) is 3.35. The Morgan fingerprint density at radius 1 is 1.29 bits per heavy atom. The van der Waals surface area contributed by atoms with E-state index in [1.54, 1.807) is 18.2 Å². The van der Waals surface area contributed by atoms with Crippen LogP contribution in [0.5, 0.6) is 0 Å². The van der Waals surface area contributed by atoms with Crippen molar-refractivity contribution in [3.63, 3.8) is 0 Å². The van der Waals surface area contributed by atoms with Gasteiger partial charge in [0.2, 0.25) is 0 Å². The van der Waals surface area contributed by atoms with E-state index in [0.717, 1.165) is 0 Å². The molecule has 0 bridgehead atoms. The molecule has 5 nitrogen and oxygen atoms in total. The van der Waals surface area contributed by atoms with Gasteiger partial charge in [-0.2, -0.15) is 0 Å². The molecule has 2 aliphatic rings. The average Bonchev–Trinajstić information content (AvgIpc) is 2.67. The quantitative estimate of drug-likeness (QED) is 0.682. The molecule has 1 aromatic rings. The molecule has 3 rings (SSSR count). The van der Waals surface area contributed by atoms with Crippen molar-refractivity contribution in [2.75, 3.05) is 12.3 Å². The summed E-state index contributed by atoms with van der Waals surface area (Å²) in [6, 6.07) is 4.75. The van der Waals surface area contributed by atoms with Crippen LogP contribution in [0.1, 0.15) is 47.9 Å². The third-order valence-corrected chi connectivity index (χ3v) is 4.75. The highest BCUT2D eigenvalue weighted by Gasteiger charge is 2.56. The number of nitrogens with zero attached hydrogens (tertiary/aromatic N) is 1. The summed E-state index contributed by atoms with van der Waals surface area (Å²) >= 11 is 0. The number of fused-ring (bicyclic) bond motifs is 1. The van der Waals surface area contributed by atoms with Gasteiger partial charge in [-0.1, -0.05) is 13.8 Å². The molecule has 2 unspecified atom stereocenters. The number of hydrogen-bond donors (Lipinski definition) is 1. The highest BCUT2D eigenvalue weighted by atomic mass is 16.5. The molecule has 1 aliphatic heterocycles. The molecule has 1 heterocycles. The lowest BCUT2D eigenvalue weighted by Gasteiger charge is -2.54. The van der Waals surface area contributed by atoms with Crippen LogP contribution < -0.4 is 5.73 Å². The van der Waals surface area contributed by atoms with E-state index in [4.69, 9.17) is 10.5 Å². The molecule has 2 N–H and O–H groups in total. The van der Waals surface area contributed by atoms with Crippen LogP contribution in [0.2, 0.25) is 0 Å². The molecule has 5 heteroatoms. The SMILES string of the molecule is CCOC1CC(N2C(=O)c3ccc(N)cc3C2=O)C1(C)C. The molecule has 21 heavy (non-hydrogen) atoms. The Kier molecular flexibility index (Phi) is 3.06. The van der Waals surface area contributed by atoms with E-state index >= 15 is 0 Å². The minimum absolute atomic E-state index is 0.0851. The monoisotopic (exact) mass is 288 g/mol. The standard InChI is InChI=1S/C16H20N2O3/c1-4-21-13-8-12(16(13,2)3)18-14(19)10-6-5-9(17)7-11(10)15(18)20/h5-7,12-13H,4,8,17H2,1-3H3. The number of imide groups is 1. The summed E-state index contributed by atoms with van der Waals surface area (Å²) in [6.45, 7) is 6.67. The van der Waals surface area contributed by atoms with Crippen LogP contribution in [0.4, 0.5) is 5.69 Å². The number of anilines is 1. The molecule has 1 saturated carbocycles. The molecule has 0 radical (unpaired) electrons. The molecule has 112 valence electrons. The van der Waals surface area contributed by atoms with Crippen LogP contribution in [0.3, 0.4) is 0 Å². The van der Waals surface area contributed by atoms with E-state index in [1.165, 1.54) is 4.90 Å². The average molecular weight is 288 g/mol. The van der Waals surface area contributed by atoms with Gasteiger partial charge in [0.25, 0.3) is 11.8 Å². The Bertz CT molecular complexity index is 624. The maximum absolute atomic E-state index is 12.6. The minimum Gasteiger partial charge on any atom is -0.399 e. The summed E-state index contributed by atoms with van der Waals surface area (Å²) in [5.41, 5.74) is 6.85. The highest BCUT2D eigenvalue weighted by Crippen LogP contribution is 2.47. The van der Waals surface area contributed by atoms with Crippen molar-refractivity contribution in [3.8, 4) is 0 Å². The minimum atomic E-state index is -0.240. The maximum atomic E-state index is 12.6. The van der Waals surface area contributed by atoms with Crippen LogP contribution in [-0.4, -0.2) is 35.5 Å². The van der Waals surface area contributed by atoms with Gasteiger partial charge in [-0.3, -0.25) is 14.5 Å². The summed E-state index contributed by atoms with van der Waals surface area (Å²) in [5, 5.41) is 0. The highest BCUT2D eigenvalue weighted by molar-refractivity contribution is 6.22. The first-order valence-electron chi connectivity index (χ1n) is 7.27. The largest absolute Gasteiger partial charge is 0.399 e. The van der Waals surface area contributed by atoms with E-state index in [2.05, 4.69) is 0 Å². The number of carbonyl (C=O) groups excluding carboxylic acids is 2. The van der Waals surface area contributed by atoms with Crippen molar-refractivity contribution in [2.45, 2.75) is 39.3 Å². The number of nitrogens with two attached hydrogens (primary N) is 1. The molecule has 1 aromatic carbocycles. The number of ether oxygens (including phenoxy) is 1. The number of amides is 2. The van der Waals surface area contributed by atoms with Crippen LogP contribution >= 0.6 is 0 Å². The molecule has 1 aliphatic carbocycles. The third-order valence-electron chi connectivity index (χ3n) is 4.75. The summed E-state index contributed by atoms with van der Waals surface area (Å²) in [7, 11) is 0. The van der Waals surface area contributed by atoms with E-state index in [-0.39, 0.29) is 29.4 Å². The molecule has 2 atom stereocenters. The van der Waals surface area contributed by atoms with Gasteiger partial charge in [-0.15, -0.1) is 0 Å². The van der Waals surface area contributed by atoms with Gasteiger partial charge >= 0.3 is 0 Å². The second-order valence-electron chi connectivity index (χ2n) is 6.30. The van der Waals surface area contributed by atoms with E-state index < -0.39 is 0 Å². The van der Waals surface area contributed by atoms with Crippen LogP contribution in [0.15, 0.2) is 18.2 Å². The van der Waals surface area contributed by atoms with Crippen molar-refractivity contribution in [2.24, 2.45) is 5.41 Å². The summed E-state index contributed by atoms with van der Waals surface area (Å²) in [5.74, 6) is -0.460. The van der Waals surface area contributed by atoms with Crippen molar-refractivity contribution < 1.29 is 14.3 Å². The van der Waals surface area contributed by atoms with Gasteiger partial charge in [-0.25, -0.2) is 0 Å². The van der Waals surface area contributed by atoms with Crippen molar-refractivity contribution in [1.29, 1.82) is 0 Å². The Hall–Kier alpha value is -1.88. The smallest absolute Gasteiger partial charge is 0.261 e. The normalized spacial score (nSPS) is 26.7.